The standard InChI is InChI=1S/C15H19BrClN3/c1-4-20-14(15(16)11(3)19-20)9-18-10(2)12-7-5-6-8-13(12)17/h5-8,10,18H,4,9H2,1-3H3. The van der Waals surface area contributed by atoms with Crippen molar-refractivity contribution < 1.29 is 0 Å². The van der Waals surface area contributed by atoms with Gasteiger partial charge in [-0.2, -0.15) is 5.10 Å². The fourth-order valence-electron chi connectivity index (χ4n) is 2.22. The van der Waals surface area contributed by atoms with Crippen molar-refractivity contribution in [1.29, 1.82) is 0 Å². The van der Waals surface area contributed by atoms with Crippen LogP contribution in [0.2, 0.25) is 5.02 Å². The number of aromatic nitrogens is 2. The lowest BCUT2D eigenvalue weighted by Gasteiger charge is -2.16. The molecule has 2 aromatic rings. The molecular weight excluding hydrogens is 338 g/mol. The molecule has 20 heavy (non-hydrogen) atoms. The van der Waals surface area contributed by atoms with Crippen molar-refractivity contribution in [2.75, 3.05) is 0 Å². The number of aryl methyl sites for hydroxylation is 2. The third-order valence-corrected chi connectivity index (χ3v) is 4.78. The summed E-state index contributed by atoms with van der Waals surface area (Å²) in [6, 6.07) is 8.12. The van der Waals surface area contributed by atoms with Crippen molar-refractivity contribution >= 4 is 27.5 Å². The van der Waals surface area contributed by atoms with E-state index in [9.17, 15) is 0 Å². The largest absolute Gasteiger partial charge is 0.304 e. The van der Waals surface area contributed by atoms with E-state index in [-0.39, 0.29) is 6.04 Å². The zero-order chi connectivity index (χ0) is 14.7. The van der Waals surface area contributed by atoms with Crippen LogP contribution in [-0.4, -0.2) is 9.78 Å². The van der Waals surface area contributed by atoms with Gasteiger partial charge < -0.3 is 5.32 Å². The van der Waals surface area contributed by atoms with Crippen molar-refractivity contribution in [3.05, 3.63) is 50.7 Å². The Bertz CT molecular complexity index is 595. The number of rotatable bonds is 5. The van der Waals surface area contributed by atoms with E-state index in [1.165, 1.54) is 5.69 Å². The average molecular weight is 357 g/mol. The summed E-state index contributed by atoms with van der Waals surface area (Å²) in [5, 5.41) is 8.81. The van der Waals surface area contributed by atoms with Crippen LogP contribution in [0, 0.1) is 6.92 Å². The third kappa shape index (κ3) is 3.25. The van der Waals surface area contributed by atoms with Crippen LogP contribution < -0.4 is 5.32 Å². The van der Waals surface area contributed by atoms with Crippen LogP contribution in [0.5, 0.6) is 0 Å². The second-order valence-electron chi connectivity index (χ2n) is 4.79. The van der Waals surface area contributed by atoms with E-state index in [4.69, 9.17) is 11.6 Å². The summed E-state index contributed by atoms with van der Waals surface area (Å²) in [6.45, 7) is 7.84. The van der Waals surface area contributed by atoms with E-state index in [0.29, 0.717) is 0 Å². The number of nitrogens with one attached hydrogen (secondary N) is 1. The highest BCUT2D eigenvalue weighted by atomic mass is 79.9. The predicted molar refractivity (Wildman–Crippen MR) is 87.0 cm³/mol. The van der Waals surface area contributed by atoms with Crippen LogP contribution in [0.3, 0.4) is 0 Å². The smallest absolute Gasteiger partial charge is 0.0739 e. The van der Waals surface area contributed by atoms with Gasteiger partial charge in [0.1, 0.15) is 0 Å². The molecule has 108 valence electrons. The summed E-state index contributed by atoms with van der Waals surface area (Å²) in [4.78, 5) is 0. The minimum atomic E-state index is 0.191. The summed E-state index contributed by atoms with van der Waals surface area (Å²) in [5.41, 5.74) is 3.31. The fourth-order valence-corrected chi connectivity index (χ4v) is 2.95. The maximum absolute atomic E-state index is 6.23. The van der Waals surface area contributed by atoms with Crippen molar-refractivity contribution in [3.63, 3.8) is 0 Å². The molecule has 0 spiro atoms. The Kier molecular flexibility index (Phi) is 5.24. The van der Waals surface area contributed by atoms with Gasteiger partial charge in [0.05, 0.1) is 15.9 Å². The quantitative estimate of drug-likeness (QED) is 0.856. The van der Waals surface area contributed by atoms with Gasteiger partial charge in [0.2, 0.25) is 0 Å². The van der Waals surface area contributed by atoms with E-state index >= 15 is 0 Å². The third-order valence-electron chi connectivity index (χ3n) is 3.40. The second kappa shape index (κ2) is 6.74. The van der Waals surface area contributed by atoms with Crippen LogP contribution in [-0.2, 0) is 13.1 Å². The summed E-state index contributed by atoms with van der Waals surface area (Å²) >= 11 is 9.84. The molecule has 1 aromatic heterocycles. The molecule has 1 unspecified atom stereocenters. The highest BCUT2D eigenvalue weighted by Gasteiger charge is 2.14. The molecule has 0 saturated carbocycles. The molecule has 0 fully saturated rings. The first-order valence-corrected chi connectivity index (χ1v) is 7.91. The van der Waals surface area contributed by atoms with Crippen molar-refractivity contribution in [1.82, 2.24) is 15.1 Å². The van der Waals surface area contributed by atoms with E-state index in [2.05, 4.69) is 46.3 Å². The maximum atomic E-state index is 6.23. The number of benzene rings is 1. The molecule has 2 rings (SSSR count). The summed E-state index contributed by atoms with van der Waals surface area (Å²) < 4.78 is 3.10. The molecule has 1 aromatic carbocycles. The van der Waals surface area contributed by atoms with Gasteiger partial charge in [-0.05, 0) is 48.3 Å². The molecule has 0 radical (unpaired) electrons. The zero-order valence-corrected chi connectivity index (χ0v) is 14.3. The minimum absolute atomic E-state index is 0.191. The van der Waals surface area contributed by atoms with Gasteiger partial charge in [-0.1, -0.05) is 29.8 Å². The molecule has 0 bridgehead atoms. The van der Waals surface area contributed by atoms with Gasteiger partial charge in [-0.25, -0.2) is 0 Å². The lowest BCUT2D eigenvalue weighted by Crippen LogP contribution is -2.20. The Morgan fingerprint density at radius 3 is 2.75 bits per heavy atom. The average Bonchev–Trinajstić information content (AvgIpc) is 2.72. The summed E-state index contributed by atoms with van der Waals surface area (Å²) in [5.74, 6) is 0. The van der Waals surface area contributed by atoms with E-state index in [1.54, 1.807) is 0 Å². The first-order chi connectivity index (χ1) is 9.54. The minimum Gasteiger partial charge on any atom is -0.304 e. The monoisotopic (exact) mass is 355 g/mol. The van der Waals surface area contributed by atoms with E-state index in [1.807, 2.05) is 29.8 Å². The van der Waals surface area contributed by atoms with Crippen LogP contribution in [0.25, 0.3) is 0 Å². The Balaban J connectivity index is 2.11. The van der Waals surface area contributed by atoms with Gasteiger partial charge in [-0.15, -0.1) is 0 Å². The lowest BCUT2D eigenvalue weighted by atomic mass is 10.1. The molecule has 0 aliphatic rings. The molecule has 1 atom stereocenters. The van der Waals surface area contributed by atoms with Gasteiger partial charge in [0.15, 0.2) is 0 Å². The van der Waals surface area contributed by atoms with Gasteiger partial charge in [-0.3, -0.25) is 4.68 Å². The lowest BCUT2D eigenvalue weighted by molar-refractivity contribution is 0.530. The molecular formula is C15H19BrClN3. The number of hydrogen-bond acceptors (Lipinski definition) is 2. The molecule has 0 amide bonds. The van der Waals surface area contributed by atoms with Gasteiger partial charge >= 0.3 is 0 Å². The topological polar surface area (TPSA) is 29.9 Å². The van der Waals surface area contributed by atoms with Crippen molar-refractivity contribution in [3.8, 4) is 0 Å². The van der Waals surface area contributed by atoms with Gasteiger partial charge in [0.25, 0.3) is 0 Å². The van der Waals surface area contributed by atoms with Crippen LogP contribution in [0.1, 0.15) is 36.8 Å². The Morgan fingerprint density at radius 1 is 1.40 bits per heavy atom. The van der Waals surface area contributed by atoms with Crippen LogP contribution in [0.15, 0.2) is 28.7 Å². The molecule has 0 aliphatic carbocycles. The molecule has 0 saturated heterocycles. The highest BCUT2D eigenvalue weighted by molar-refractivity contribution is 9.10. The second-order valence-corrected chi connectivity index (χ2v) is 5.99. The molecule has 1 heterocycles. The zero-order valence-electron chi connectivity index (χ0n) is 12.0. The normalized spacial score (nSPS) is 12.7. The van der Waals surface area contributed by atoms with Crippen molar-refractivity contribution in [2.45, 2.75) is 39.9 Å². The predicted octanol–water partition coefficient (Wildman–Crippen LogP) is 4.48. The molecule has 3 nitrogen and oxygen atoms in total. The van der Waals surface area contributed by atoms with E-state index in [0.717, 1.165) is 33.8 Å². The first kappa shape index (κ1) is 15.5. The van der Waals surface area contributed by atoms with Crippen LogP contribution >= 0.6 is 27.5 Å². The van der Waals surface area contributed by atoms with Gasteiger partial charge in [0, 0.05) is 24.2 Å². The Hall–Kier alpha value is -0.840. The first-order valence-electron chi connectivity index (χ1n) is 6.74. The Labute approximate surface area is 133 Å². The number of halogens is 2. The highest BCUT2D eigenvalue weighted by Crippen LogP contribution is 2.24. The summed E-state index contributed by atoms with van der Waals surface area (Å²) in [6.07, 6.45) is 0. The SMILES string of the molecule is CCn1nc(C)c(Br)c1CNC(C)c1ccccc1Cl. The molecule has 0 aliphatic heterocycles. The van der Waals surface area contributed by atoms with E-state index < -0.39 is 0 Å². The fraction of sp³-hybridized carbons (Fsp3) is 0.400. The maximum Gasteiger partial charge on any atom is 0.0739 e. The van der Waals surface area contributed by atoms with Crippen molar-refractivity contribution in [2.24, 2.45) is 0 Å². The summed E-state index contributed by atoms with van der Waals surface area (Å²) in [7, 11) is 0. The number of hydrogen-bond donors (Lipinski definition) is 1. The molecule has 5 heteroatoms. The number of nitrogens with zero attached hydrogens (tertiary/aromatic N) is 2. The van der Waals surface area contributed by atoms with Crippen LogP contribution in [0.4, 0.5) is 0 Å². The Morgan fingerprint density at radius 2 is 2.10 bits per heavy atom. The molecule has 1 N–H and O–H groups in total.